The van der Waals surface area contributed by atoms with Crippen LogP contribution in [0.1, 0.15) is 21.5 Å². The van der Waals surface area contributed by atoms with Crippen molar-refractivity contribution in [2.24, 2.45) is 0 Å². The number of carbonyl (C=O) groups is 1. The normalized spacial score (nSPS) is 10.1. The number of hydrogen-bond donors (Lipinski definition) is 1. The van der Waals surface area contributed by atoms with Gasteiger partial charge in [0.15, 0.2) is 0 Å². The highest BCUT2D eigenvalue weighted by atomic mass is 16.3. The van der Waals surface area contributed by atoms with Gasteiger partial charge in [0.1, 0.15) is 6.26 Å². The number of amides is 1. The SMILES string of the molecule is Cc1cccc(CNC(=O)c2ccoc2)c1. The van der Waals surface area contributed by atoms with E-state index >= 15 is 0 Å². The molecule has 0 radical (unpaired) electrons. The topological polar surface area (TPSA) is 42.2 Å². The molecular formula is C13H13NO2. The lowest BCUT2D eigenvalue weighted by Gasteiger charge is -2.04. The molecular weight excluding hydrogens is 202 g/mol. The zero-order chi connectivity index (χ0) is 11.4. The summed E-state index contributed by atoms with van der Waals surface area (Å²) < 4.78 is 4.85. The van der Waals surface area contributed by atoms with Crippen molar-refractivity contribution >= 4 is 5.91 Å². The summed E-state index contributed by atoms with van der Waals surface area (Å²) in [5.41, 5.74) is 2.83. The summed E-state index contributed by atoms with van der Waals surface area (Å²) in [5, 5.41) is 2.83. The summed E-state index contributed by atoms with van der Waals surface area (Å²) >= 11 is 0. The standard InChI is InChI=1S/C13H13NO2/c1-10-3-2-4-11(7-10)8-14-13(15)12-5-6-16-9-12/h2-7,9H,8H2,1H3,(H,14,15). The quantitative estimate of drug-likeness (QED) is 0.854. The van der Waals surface area contributed by atoms with Crippen LogP contribution < -0.4 is 5.32 Å². The molecule has 0 aliphatic heterocycles. The van der Waals surface area contributed by atoms with Crippen LogP contribution >= 0.6 is 0 Å². The Morgan fingerprint density at radius 1 is 1.38 bits per heavy atom. The van der Waals surface area contributed by atoms with Gasteiger partial charge in [0.05, 0.1) is 11.8 Å². The van der Waals surface area contributed by atoms with E-state index in [9.17, 15) is 4.79 Å². The van der Waals surface area contributed by atoms with Crippen LogP contribution in [0.3, 0.4) is 0 Å². The van der Waals surface area contributed by atoms with Crippen LogP contribution in [0.2, 0.25) is 0 Å². The van der Waals surface area contributed by atoms with Crippen LogP contribution in [0.25, 0.3) is 0 Å². The molecule has 1 aromatic heterocycles. The second-order valence-corrected chi connectivity index (χ2v) is 3.68. The Bertz CT molecular complexity index is 474. The molecule has 0 saturated heterocycles. The first-order valence-electron chi connectivity index (χ1n) is 5.11. The maximum Gasteiger partial charge on any atom is 0.254 e. The molecule has 1 heterocycles. The Hall–Kier alpha value is -2.03. The highest BCUT2D eigenvalue weighted by molar-refractivity contribution is 5.93. The number of hydrogen-bond acceptors (Lipinski definition) is 2. The maximum absolute atomic E-state index is 11.6. The molecule has 0 unspecified atom stereocenters. The molecule has 16 heavy (non-hydrogen) atoms. The fourth-order valence-corrected chi connectivity index (χ4v) is 1.50. The van der Waals surface area contributed by atoms with Crippen LogP contribution in [-0.2, 0) is 6.54 Å². The van der Waals surface area contributed by atoms with Crippen molar-refractivity contribution in [3.05, 3.63) is 59.5 Å². The molecule has 1 N–H and O–H groups in total. The van der Waals surface area contributed by atoms with Crippen molar-refractivity contribution in [1.82, 2.24) is 5.32 Å². The smallest absolute Gasteiger partial charge is 0.254 e. The van der Waals surface area contributed by atoms with Crippen LogP contribution in [0.4, 0.5) is 0 Å². The van der Waals surface area contributed by atoms with E-state index in [0.29, 0.717) is 12.1 Å². The number of aryl methyl sites for hydroxylation is 1. The third-order valence-corrected chi connectivity index (χ3v) is 2.32. The number of carbonyl (C=O) groups excluding carboxylic acids is 1. The summed E-state index contributed by atoms with van der Waals surface area (Å²) in [7, 11) is 0. The van der Waals surface area contributed by atoms with Crippen molar-refractivity contribution in [2.75, 3.05) is 0 Å². The van der Waals surface area contributed by atoms with Gasteiger partial charge in [0.2, 0.25) is 0 Å². The minimum Gasteiger partial charge on any atom is -0.472 e. The van der Waals surface area contributed by atoms with Crippen molar-refractivity contribution in [2.45, 2.75) is 13.5 Å². The average molecular weight is 215 g/mol. The molecule has 2 rings (SSSR count). The molecule has 0 fully saturated rings. The molecule has 3 nitrogen and oxygen atoms in total. The van der Waals surface area contributed by atoms with Gasteiger partial charge in [0.25, 0.3) is 5.91 Å². The number of benzene rings is 1. The Morgan fingerprint density at radius 2 is 2.25 bits per heavy atom. The monoisotopic (exact) mass is 215 g/mol. The van der Waals surface area contributed by atoms with Gasteiger partial charge in [-0.15, -0.1) is 0 Å². The van der Waals surface area contributed by atoms with Gasteiger partial charge >= 0.3 is 0 Å². The highest BCUT2D eigenvalue weighted by Gasteiger charge is 2.05. The molecule has 0 spiro atoms. The molecule has 0 aliphatic rings. The summed E-state index contributed by atoms with van der Waals surface area (Å²) in [6.07, 6.45) is 2.92. The molecule has 0 bridgehead atoms. The lowest BCUT2D eigenvalue weighted by molar-refractivity contribution is 0.0950. The predicted octanol–water partition coefficient (Wildman–Crippen LogP) is 2.52. The van der Waals surface area contributed by atoms with E-state index < -0.39 is 0 Å². The summed E-state index contributed by atoms with van der Waals surface area (Å²) in [5.74, 6) is -0.116. The molecule has 1 amide bonds. The van der Waals surface area contributed by atoms with Gasteiger partial charge in [-0.2, -0.15) is 0 Å². The first-order valence-corrected chi connectivity index (χ1v) is 5.11. The van der Waals surface area contributed by atoms with Gasteiger partial charge < -0.3 is 9.73 Å². The molecule has 3 heteroatoms. The Labute approximate surface area is 94.1 Å². The van der Waals surface area contributed by atoms with Crippen LogP contribution in [-0.4, -0.2) is 5.91 Å². The van der Waals surface area contributed by atoms with E-state index in [-0.39, 0.29) is 5.91 Å². The van der Waals surface area contributed by atoms with Gasteiger partial charge in [0, 0.05) is 6.54 Å². The van der Waals surface area contributed by atoms with Gasteiger partial charge in [-0.1, -0.05) is 29.8 Å². The maximum atomic E-state index is 11.6. The Kier molecular flexibility index (Phi) is 3.05. The zero-order valence-corrected chi connectivity index (χ0v) is 9.07. The third kappa shape index (κ3) is 2.51. The molecule has 82 valence electrons. The van der Waals surface area contributed by atoms with Crippen molar-refractivity contribution < 1.29 is 9.21 Å². The van der Waals surface area contributed by atoms with Gasteiger partial charge in [-0.3, -0.25) is 4.79 Å². The van der Waals surface area contributed by atoms with E-state index in [1.165, 1.54) is 18.1 Å². The predicted molar refractivity (Wildman–Crippen MR) is 61.1 cm³/mol. The fourth-order valence-electron chi connectivity index (χ4n) is 1.50. The lowest BCUT2D eigenvalue weighted by atomic mass is 10.1. The number of rotatable bonds is 3. The van der Waals surface area contributed by atoms with E-state index in [2.05, 4.69) is 11.4 Å². The van der Waals surface area contributed by atoms with E-state index in [0.717, 1.165) is 5.56 Å². The van der Waals surface area contributed by atoms with E-state index in [4.69, 9.17) is 4.42 Å². The largest absolute Gasteiger partial charge is 0.472 e. The average Bonchev–Trinajstić information content (AvgIpc) is 2.79. The number of nitrogens with one attached hydrogen (secondary N) is 1. The third-order valence-electron chi connectivity index (χ3n) is 2.32. The van der Waals surface area contributed by atoms with Crippen molar-refractivity contribution in [1.29, 1.82) is 0 Å². The van der Waals surface area contributed by atoms with E-state index in [1.807, 2.05) is 25.1 Å². The first kappa shape index (κ1) is 10.5. The fraction of sp³-hybridized carbons (Fsp3) is 0.154. The van der Waals surface area contributed by atoms with Crippen molar-refractivity contribution in [3.8, 4) is 0 Å². The molecule has 0 aliphatic carbocycles. The Morgan fingerprint density at radius 3 is 2.94 bits per heavy atom. The van der Waals surface area contributed by atoms with Gasteiger partial charge in [-0.05, 0) is 18.6 Å². The van der Waals surface area contributed by atoms with Crippen LogP contribution in [0.15, 0.2) is 47.3 Å². The second kappa shape index (κ2) is 4.66. The molecule has 0 saturated carbocycles. The molecule has 1 aromatic carbocycles. The van der Waals surface area contributed by atoms with Crippen molar-refractivity contribution in [3.63, 3.8) is 0 Å². The summed E-state index contributed by atoms with van der Waals surface area (Å²) in [6, 6.07) is 9.69. The number of furan rings is 1. The minimum atomic E-state index is -0.116. The first-order chi connectivity index (χ1) is 7.75. The van der Waals surface area contributed by atoms with E-state index in [1.54, 1.807) is 6.07 Å². The zero-order valence-electron chi connectivity index (χ0n) is 9.07. The summed E-state index contributed by atoms with van der Waals surface area (Å²) in [6.45, 7) is 2.56. The lowest BCUT2D eigenvalue weighted by Crippen LogP contribution is -2.22. The minimum absolute atomic E-state index is 0.116. The van der Waals surface area contributed by atoms with Gasteiger partial charge in [-0.25, -0.2) is 0 Å². The second-order valence-electron chi connectivity index (χ2n) is 3.68. The molecule has 2 aromatic rings. The molecule has 0 atom stereocenters. The summed E-state index contributed by atoms with van der Waals surface area (Å²) in [4.78, 5) is 11.6. The van der Waals surface area contributed by atoms with Crippen LogP contribution in [0.5, 0.6) is 0 Å². The van der Waals surface area contributed by atoms with Crippen LogP contribution in [0, 0.1) is 6.92 Å². The highest BCUT2D eigenvalue weighted by Crippen LogP contribution is 2.04. The Balaban J connectivity index is 1.95.